The molecule has 0 saturated carbocycles. The smallest absolute Gasteiger partial charge is 0.330 e. The number of rotatable bonds is 12. The average molecular weight is 727 g/mol. The van der Waals surface area contributed by atoms with Gasteiger partial charge in [-0.25, -0.2) is 4.79 Å². The van der Waals surface area contributed by atoms with Crippen LogP contribution in [0.3, 0.4) is 0 Å². The van der Waals surface area contributed by atoms with Crippen LogP contribution in [-0.4, -0.2) is 34.1 Å². The van der Waals surface area contributed by atoms with Gasteiger partial charge in [0.15, 0.2) is 6.10 Å². The number of hydrogen-bond acceptors (Lipinski definition) is 6. The van der Waals surface area contributed by atoms with Crippen molar-refractivity contribution >= 4 is 5.78 Å². The molecule has 1 fully saturated rings. The van der Waals surface area contributed by atoms with Gasteiger partial charge in [0.1, 0.15) is 17.3 Å². The molecule has 6 aromatic carbocycles. The number of ether oxygens (including phenoxy) is 3. The van der Waals surface area contributed by atoms with E-state index in [4.69, 9.17) is 14.2 Å². The number of H-pyrrole nitrogens is 1. The Labute approximate surface area is 318 Å². The maximum absolute atomic E-state index is 14.9. The fourth-order valence-corrected chi connectivity index (χ4v) is 7.59. The maximum Gasteiger partial charge on any atom is 0.330 e. The molecule has 1 saturated heterocycles. The second-order valence-electron chi connectivity index (χ2n) is 13.4. The summed E-state index contributed by atoms with van der Waals surface area (Å²) in [7, 11) is 0. The van der Waals surface area contributed by atoms with Crippen LogP contribution in [0.2, 0.25) is 0 Å². The molecule has 0 bridgehead atoms. The van der Waals surface area contributed by atoms with Crippen LogP contribution < -0.4 is 11.2 Å². The van der Waals surface area contributed by atoms with Crippen molar-refractivity contribution in [2.75, 3.05) is 6.61 Å². The monoisotopic (exact) mass is 726 g/mol. The largest absolute Gasteiger partial charge is 0.358 e. The first kappa shape index (κ1) is 35.6. The third kappa shape index (κ3) is 6.68. The van der Waals surface area contributed by atoms with Crippen molar-refractivity contribution in [3.8, 4) is 0 Å². The van der Waals surface area contributed by atoms with Gasteiger partial charge >= 0.3 is 5.69 Å². The predicted octanol–water partition coefficient (Wildman–Crippen LogP) is 7.39. The summed E-state index contributed by atoms with van der Waals surface area (Å²) in [6, 6.07) is 60.2. The summed E-state index contributed by atoms with van der Waals surface area (Å²) in [5.74, 6) is -0.500. The van der Waals surface area contributed by atoms with Crippen molar-refractivity contribution in [2.45, 2.75) is 29.6 Å². The molecule has 8 nitrogen and oxygen atoms in total. The molecule has 0 radical (unpaired) electrons. The van der Waals surface area contributed by atoms with E-state index in [1.165, 1.54) is 12.3 Å². The maximum atomic E-state index is 14.9. The lowest BCUT2D eigenvalue weighted by Gasteiger charge is -2.40. The normalized spacial score (nSPS) is 17.2. The van der Waals surface area contributed by atoms with E-state index in [0.29, 0.717) is 0 Å². The van der Waals surface area contributed by atoms with Gasteiger partial charge in [0.05, 0.1) is 6.61 Å². The van der Waals surface area contributed by atoms with E-state index in [9.17, 15) is 14.4 Å². The number of hydrogen-bond donors (Lipinski definition) is 1. The van der Waals surface area contributed by atoms with Crippen molar-refractivity contribution in [3.05, 3.63) is 248 Å². The molecule has 3 atom stereocenters. The van der Waals surface area contributed by atoms with Gasteiger partial charge in [-0.2, -0.15) is 0 Å². The molecule has 0 spiro atoms. The second kappa shape index (κ2) is 15.5. The van der Waals surface area contributed by atoms with Crippen molar-refractivity contribution < 1.29 is 19.0 Å². The number of benzene rings is 6. The Balaban J connectivity index is 1.30. The van der Waals surface area contributed by atoms with E-state index in [1.807, 2.05) is 182 Å². The molecule has 0 aliphatic carbocycles. The van der Waals surface area contributed by atoms with Gasteiger partial charge < -0.3 is 14.2 Å². The number of nitrogens with one attached hydrogen (secondary N) is 1. The fourth-order valence-electron chi connectivity index (χ4n) is 7.59. The van der Waals surface area contributed by atoms with Crippen LogP contribution in [-0.2, 0) is 30.2 Å². The average Bonchev–Trinajstić information content (AvgIpc) is 3.55. The number of Topliss-reactive ketones (excluding diaryl/α,β-unsaturated/α-hetero) is 1. The van der Waals surface area contributed by atoms with E-state index in [-0.39, 0.29) is 6.61 Å². The third-order valence-corrected chi connectivity index (χ3v) is 10.1. The fraction of sp³-hybridized carbons (Fsp3) is 0.128. The van der Waals surface area contributed by atoms with E-state index >= 15 is 0 Å². The minimum Gasteiger partial charge on any atom is -0.358 e. The van der Waals surface area contributed by atoms with Crippen LogP contribution in [0.25, 0.3) is 0 Å². The minimum absolute atomic E-state index is 0.127. The second-order valence-corrected chi connectivity index (χ2v) is 13.4. The Morgan fingerprint density at radius 3 is 1.24 bits per heavy atom. The Morgan fingerprint density at radius 1 is 0.509 bits per heavy atom. The van der Waals surface area contributed by atoms with Crippen LogP contribution >= 0.6 is 0 Å². The molecule has 8 rings (SSSR count). The highest BCUT2D eigenvalue weighted by atomic mass is 16.6. The highest BCUT2D eigenvalue weighted by molar-refractivity contribution is 5.88. The summed E-state index contributed by atoms with van der Waals surface area (Å²) in [5, 5.41) is 0. The minimum atomic E-state index is -1.41. The summed E-state index contributed by atoms with van der Waals surface area (Å²) in [5.41, 5.74) is 1.17. The zero-order valence-electron chi connectivity index (χ0n) is 29.8. The summed E-state index contributed by atoms with van der Waals surface area (Å²) >= 11 is 0. The SMILES string of the molecule is O=C1[C@H](n2ccc(=O)[nH]c2=O)O[C@H](COC(c2ccccc2)(c2ccccc2)c2ccccc2)[C@H]1OC(c1ccccc1)(c1ccccc1)c1ccccc1. The van der Waals surface area contributed by atoms with Crippen molar-refractivity contribution in [3.63, 3.8) is 0 Å². The Kier molecular flexibility index (Phi) is 10.0. The van der Waals surface area contributed by atoms with Gasteiger partial charge in [-0.05, 0) is 33.4 Å². The van der Waals surface area contributed by atoms with E-state index in [1.54, 1.807) is 0 Å². The molecule has 1 aliphatic rings. The van der Waals surface area contributed by atoms with Crippen molar-refractivity contribution in [2.24, 2.45) is 0 Å². The van der Waals surface area contributed by atoms with E-state index < -0.39 is 46.7 Å². The number of ketones is 1. The molecule has 8 heteroatoms. The van der Waals surface area contributed by atoms with Crippen molar-refractivity contribution in [1.82, 2.24) is 9.55 Å². The van der Waals surface area contributed by atoms with Gasteiger partial charge in [0.25, 0.3) is 5.56 Å². The lowest BCUT2D eigenvalue weighted by Crippen LogP contribution is -2.45. The highest BCUT2D eigenvalue weighted by Crippen LogP contribution is 2.45. The highest BCUT2D eigenvalue weighted by Gasteiger charge is 2.52. The molecular weight excluding hydrogens is 689 g/mol. The quantitative estimate of drug-likeness (QED) is 0.132. The molecule has 0 unspecified atom stereocenters. The first-order valence-electron chi connectivity index (χ1n) is 18.2. The molecule has 7 aromatic rings. The molecule has 0 amide bonds. The zero-order chi connectivity index (χ0) is 37.7. The Bertz CT molecular complexity index is 2260. The molecule has 272 valence electrons. The molecule has 1 aliphatic heterocycles. The van der Waals surface area contributed by atoms with Crippen molar-refractivity contribution in [1.29, 1.82) is 0 Å². The first-order chi connectivity index (χ1) is 27.0. The van der Waals surface area contributed by atoms with Gasteiger partial charge in [-0.1, -0.05) is 182 Å². The van der Waals surface area contributed by atoms with E-state index in [2.05, 4.69) is 4.98 Å². The Hall–Kier alpha value is -6.45. The number of carbonyl (C=O) groups excluding carboxylic acids is 1. The van der Waals surface area contributed by atoms with Gasteiger partial charge in [0.2, 0.25) is 12.0 Å². The zero-order valence-corrected chi connectivity index (χ0v) is 29.8. The summed E-state index contributed by atoms with van der Waals surface area (Å²) < 4.78 is 22.2. The topological polar surface area (TPSA) is 99.6 Å². The van der Waals surface area contributed by atoms with E-state index in [0.717, 1.165) is 37.9 Å². The molecule has 1 aromatic heterocycles. The van der Waals surface area contributed by atoms with Crippen LogP contribution in [0.15, 0.2) is 204 Å². The van der Waals surface area contributed by atoms with Gasteiger partial charge in [-0.15, -0.1) is 0 Å². The lowest BCUT2D eigenvalue weighted by molar-refractivity contribution is -0.141. The van der Waals surface area contributed by atoms with Gasteiger partial charge in [0, 0.05) is 12.3 Å². The van der Waals surface area contributed by atoms with Crippen LogP contribution in [0.4, 0.5) is 0 Å². The number of aromatic amines is 1. The summed E-state index contributed by atoms with van der Waals surface area (Å²) in [6.07, 6.45) is -2.43. The molecule has 2 heterocycles. The number of aromatic nitrogens is 2. The predicted molar refractivity (Wildman–Crippen MR) is 209 cm³/mol. The molecular formula is C47H38N2O6. The van der Waals surface area contributed by atoms with Crippen LogP contribution in [0.1, 0.15) is 39.6 Å². The van der Waals surface area contributed by atoms with Crippen LogP contribution in [0.5, 0.6) is 0 Å². The number of carbonyl (C=O) groups is 1. The van der Waals surface area contributed by atoms with Crippen LogP contribution in [0, 0.1) is 0 Å². The van der Waals surface area contributed by atoms with Gasteiger partial charge in [-0.3, -0.25) is 19.1 Å². The molecule has 55 heavy (non-hydrogen) atoms. The summed E-state index contributed by atoms with van der Waals surface area (Å²) in [6.45, 7) is -0.127. The third-order valence-electron chi connectivity index (χ3n) is 10.1. The first-order valence-corrected chi connectivity index (χ1v) is 18.2. The standard InChI is InChI=1S/C47H38N2O6/c50-41-31-32-49(45(52)48-41)44-42(51)43(55-47(37-25-13-4-14-26-37,38-27-15-5-16-28-38)39-29-17-6-18-30-39)40(54-44)33-53-46(34-19-7-1-8-20-34,35-21-9-2-10-22-35)36-23-11-3-12-24-36/h1-32,40,43-44H,33H2,(H,48,50,52)/t40-,43-,44-/m1/s1. The Morgan fingerprint density at radius 2 is 0.873 bits per heavy atom. The molecule has 1 N–H and O–H groups in total. The lowest BCUT2D eigenvalue weighted by atomic mass is 9.79. The number of nitrogens with zero attached hydrogens (tertiary/aromatic N) is 1. The summed E-state index contributed by atoms with van der Waals surface area (Å²) in [4.78, 5) is 42.5.